The summed E-state index contributed by atoms with van der Waals surface area (Å²) in [5.41, 5.74) is 1.63. The van der Waals surface area contributed by atoms with Gasteiger partial charge in [0, 0.05) is 12.2 Å². The molecule has 0 saturated carbocycles. The fraction of sp³-hybridized carbons (Fsp3) is 0.500. The molecule has 0 aliphatic heterocycles. The zero-order valence-corrected chi connectivity index (χ0v) is 12.2. The van der Waals surface area contributed by atoms with E-state index < -0.39 is 0 Å². The molecule has 2 heterocycles. The highest BCUT2D eigenvalue weighted by Crippen LogP contribution is 2.11. The molecule has 6 heteroatoms. The first kappa shape index (κ1) is 14.3. The molecule has 2 rings (SSSR count). The molecule has 20 heavy (non-hydrogen) atoms. The molecular formula is C14H21N5O. The topological polar surface area (TPSA) is 75.6 Å². The van der Waals surface area contributed by atoms with Crippen molar-refractivity contribution < 1.29 is 4.79 Å². The molecule has 0 radical (unpaired) electrons. The first-order valence-electron chi connectivity index (χ1n) is 7.02. The van der Waals surface area contributed by atoms with E-state index in [1.807, 2.05) is 24.6 Å². The standard InChI is InChI=1S/C14H21N5O/c1-4-8-19-13(15-9-16-19)10(3)17-14(20)12-7-6-11(5-2)18-12/h6-7,9-10,18H,4-5,8H2,1-3H3,(H,17,20). The summed E-state index contributed by atoms with van der Waals surface area (Å²) in [5.74, 6) is 0.658. The van der Waals surface area contributed by atoms with Gasteiger partial charge in [-0.25, -0.2) is 9.67 Å². The van der Waals surface area contributed by atoms with E-state index in [1.54, 1.807) is 6.07 Å². The molecule has 2 aromatic rings. The Bertz CT molecular complexity index is 572. The van der Waals surface area contributed by atoms with Crippen molar-refractivity contribution in [3.05, 3.63) is 35.7 Å². The van der Waals surface area contributed by atoms with E-state index in [1.165, 1.54) is 6.33 Å². The summed E-state index contributed by atoms with van der Waals surface area (Å²) in [6.07, 6.45) is 3.39. The number of H-pyrrole nitrogens is 1. The van der Waals surface area contributed by atoms with Crippen LogP contribution in [0, 0.1) is 0 Å². The van der Waals surface area contributed by atoms with Gasteiger partial charge >= 0.3 is 0 Å². The number of nitrogens with one attached hydrogen (secondary N) is 2. The van der Waals surface area contributed by atoms with Crippen molar-refractivity contribution in [1.82, 2.24) is 25.1 Å². The number of nitrogens with zero attached hydrogens (tertiary/aromatic N) is 3. The molecule has 1 unspecified atom stereocenters. The Hall–Kier alpha value is -2.11. The average molecular weight is 275 g/mol. The zero-order chi connectivity index (χ0) is 14.5. The Balaban J connectivity index is 2.05. The van der Waals surface area contributed by atoms with E-state index in [2.05, 4.69) is 27.3 Å². The molecule has 0 aliphatic carbocycles. The van der Waals surface area contributed by atoms with Gasteiger partial charge in [-0.05, 0) is 31.9 Å². The fourth-order valence-electron chi connectivity index (χ4n) is 2.11. The molecule has 0 bridgehead atoms. The normalized spacial score (nSPS) is 12.3. The summed E-state index contributed by atoms with van der Waals surface area (Å²) in [4.78, 5) is 19.5. The van der Waals surface area contributed by atoms with E-state index in [-0.39, 0.29) is 11.9 Å². The molecule has 0 fully saturated rings. The van der Waals surface area contributed by atoms with Crippen LogP contribution in [0.15, 0.2) is 18.5 Å². The maximum Gasteiger partial charge on any atom is 0.268 e. The van der Waals surface area contributed by atoms with Crippen LogP contribution >= 0.6 is 0 Å². The van der Waals surface area contributed by atoms with E-state index in [0.717, 1.165) is 30.9 Å². The highest BCUT2D eigenvalue weighted by atomic mass is 16.1. The Kier molecular flexibility index (Phi) is 4.55. The van der Waals surface area contributed by atoms with Crippen molar-refractivity contribution in [2.75, 3.05) is 0 Å². The molecular weight excluding hydrogens is 254 g/mol. The molecule has 2 aromatic heterocycles. The van der Waals surface area contributed by atoms with Gasteiger partial charge in [-0.2, -0.15) is 5.10 Å². The highest BCUT2D eigenvalue weighted by molar-refractivity contribution is 5.92. The number of rotatable bonds is 6. The Labute approximate surface area is 118 Å². The van der Waals surface area contributed by atoms with Gasteiger partial charge in [0.15, 0.2) is 0 Å². The summed E-state index contributed by atoms with van der Waals surface area (Å²) in [7, 11) is 0. The Morgan fingerprint density at radius 2 is 2.25 bits per heavy atom. The summed E-state index contributed by atoms with van der Waals surface area (Å²) >= 11 is 0. The van der Waals surface area contributed by atoms with E-state index in [0.29, 0.717) is 5.69 Å². The first-order chi connectivity index (χ1) is 9.65. The third kappa shape index (κ3) is 3.07. The minimum Gasteiger partial charge on any atom is -0.354 e. The number of aryl methyl sites for hydroxylation is 2. The van der Waals surface area contributed by atoms with Gasteiger partial charge in [0.25, 0.3) is 5.91 Å². The minimum atomic E-state index is -0.176. The van der Waals surface area contributed by atoms with Crippen molar-refractivity contribution >= 4 is 5.91 Å². The zero-order valence-electron chi connectivity index (χ0n) is 12.2. The molecule has 0 saturated heterocycles. The number of aromatic nitrogens is 4. The number of hydrogen-bond donors (Lipinski definition) is 2. The van der Waals surface area contributed by atoms with Crippen LogP contribution in [0.5, 0.6) is 0 Å². The number of carbonyl (C=O) groups excluding carboxylic acids is 1. The second kappa shape index (κ2) is 6.36. The maximum atomic E-state index is 12.1. The first-order valence-corrected chi connectivity index (χ1v) is 7.02. The lowest BCUT2D eigenvalue weighted by Crippen LogP contribution is -2.29. The molecule has 0 aromatic carbocycles. The van der Waals surface area contributed by atoms with Crippen molar-refractivity contribution in [3.63, 3.8) is 0 Å². The molecule has 2 N–H and O–H groups in total. The number of hydrogen-bond acceptors (Lipinski definition) is 3. The monoisotopic (exact) mass is 275 g/mol. The van der Waals surface area contributed by atoms with Crippen LogP contribution in [-0.4, -0.2) is 25.7 Å². The molecule has 1 amide bonds. The number of carbonyl (C=O) groups is 1. The van der Waals surface area contributed by atoms with Crippen molar-refractivity contribution in [2.45, 2.75) is 46.2 Å². The minimum absolute atomic E-state index is 0.122. The largest absolute Gasteiger partial charge is 0.354 e. The predicted octanol–water partition coefficient (Wildman–Crippen LogP) is 2.07. The lowest BCUT2D eigenvalue weighted by molar-refractivity contribution is 0.0933. The van der Waals surface area contributed by atoms with Gasteiger partial charge in [-0.15, -0.1) is 0 Å². The lowest BCUT2D eigenvalue weighted by atomic mass is 10.3. The highest BCUT2D eigenvalue weighted by Gasteiger charge is 2.17. The Morgan fingerprint density at radius 1 is 1.45 bits per heavy atom. The molecule has 0 aliphatic rings. The van der Waals surface area contributed by atoms with Crippen LogP contribution in [0.1, 0.15) is 55.2 Å². The third-order valence-electron chi connectivity index (χ3n) is 3.19. The van der Waals surface area contributed by atoms with E-state index in [4.69, 9.17) is 0 Å². The third-order valence-corrected chi connectivity index (χ3v) is 3.19. The quantitative estimate of drug-likeness (QED) is 0.847. The van der Waals surface area contributed by atoms with Gasteiger partial charge in [-0.3, -0.25) is 4.79 Å². The summed E-state index contributed by atoms with van der Waals surface area (Å²) in [6, 6.07) is 3.56. The van der Waals surface area contributed by atoms with Crippen LogP contribution in [-0.2, 0) is 13.0 Å². The molecule has 6 nitrogen and oxygen atoms in total. The summed E-state index contributed by atoms with van der Waals surface area (Å²) < 4.78 is 1.83. The van der Waals surface area contributed by atoms with Gasteiger partial charge in [0.2, 0.25) is 0 Å². The van der Waals surface area contributed by atoms with Crippen molar-refractivity contribution in [2.24, 2.45) is 0 Å². The number of aromatic amines is 1. The van der Waals surface area contributed by atoms with Gasteiger partial charge in [0.05, 0.1) is 6.04 Å². The van der Waals surface area contributed by atoms with Gasteiger partial charge in [-0.1, -0.05) is 13.8 Å². The Morgan fingerprint density at radius 3 is 2.90 bits per heavy atom. The second-order valence-electron chi connectivity index (χ2n) is 4.79. The second-order valence-corrected chi connectivity index (χ2v) is 4.79. The van der Waals surface area contributed by atoms with Crippen molar-refractivity contribution in [3.8, 4) is 0 Å². The molecule has 0 spiro atoms. The lowest BCUT2D eigenvalue weighted by Gasteiger charge is -2.13. The van der Waals surface area contributed by atoms with Crippen molar-refractivity contribution in [1.29, 1.82) is 0 Å². The SMILES string of the molecule is CCCn1ncnc1C(C)NC(=O)c1ccc(CC)[nH]1. The van der Waals surface area contributed by atoms with Crippen LogP contribution in [0.25, 0.3) is 0 Å². The molecule has 108 valence electrons. The predicted molar refractivity (Wildman–Crippen MR) is 76.4 cm³/mol. The van der Waals surface area contributed by atoms with E-state index in [9.17, 15) is 4.79 Å². The summed E-state index contributed by atoms with van der Waals surface area (Å²) in [6.45, 7) is 6.85. The summed E-state index contributed by atoms with van der Waals surface area (Å²) in [5, 5.41) is 7.11. The fourth-order valence-corrected chi connectivity index (χ4v) is 2.11. The maximum absolute atomic E-state index is 12.1. The smallest absolute Gasteiger partial charge is 0.268 e. The number of amides is 1. The van der Waals surface area contributed by atoms with Gasteiger partial charge in [0.1, 0.15) is 17.8 Å². The van der Waals surface area contributed by atoms with E-state index >= 15 is 0 Å². The van der Waals surface area contributed by atoms with Gasteiger partial charge < -0.3 is 10.3 Å². The van der Waals surface area contributed by atoms with Crippen LogP contribution < -0.4 is 5.32 Å². The van der Waals surface area contributed by atoms with Crippen LogP contribution in [0.3, 0.4) is 0 Å². The van der Waals surface area contributed by atoms with Crippen LogP contribution in [0.4, 0.5) is 0 Å². The van der Waals surface area contributed by atoms with Crippen LogP contribution in [0.2, 0.25) is 0 Å². The molecule has 1 atom stereocenters. The average Bonchev–Trinajstić information content (AvgIpc) is 3.07.